The molecule has 0 radical (unpaired) electrons. The summed E-state index contributed by atoms with van der Waals surface area (Å²) in [4.78, 5) is 16.2. The first kappa shape index (κ1) is 15.8. The first-order chi connectivity index (χ1) is 11.7. The average Bonchev–Trinajstić information content (AvgIpc) is 3.24. The Hall–Kier alpha value is -1.66. The summed E-state index contributed by atoms with van der Waals surface area (Å²) < 4.78 is 5.88. The summed E-state index contributed by atoms with van der Waals surface area (Å²) in [6, 6.07) is 4.21. The molecule has 6 heteroatoms. The summed E-state index contributed by atoms with van der Waals surface area (Å²) in [6.07, 6.45) is 3.50. The number of aromatic amines is 1. The van der Waals surface area contributed by atoms with E-state index in [0.717, 1.165) is 50.3 Å². The summed E-state index contributed by atoms with van der Waals surface area (Å²) in [5.74, 6) is 0.549. The molecule has 0 aliphatic carbocycles. The van der Waals surface area contributed by atoms with Gasteiger partial charge in [0.05, 0.1) is 24.8 Å². The summed E-state index contributed by atoms with van der Waals surface area (Å²) >= 11 is 1.78. The number of H-pyrrole nitrogens is 1. The summed E-state index contributed by atoms with van der Waals surface area (Å²) in [5, 5.41) is 9.50. The number of nitrogens with zero attached hydrogens (tertiary/aromatic N) is 2. The number of hydrogen-bond donors (Lipinski definition) is 1. The van der Waals surface area contributed by atoms with Crippen molar-refractivity contribution >= 4 is 17.2 Å². The molecule has 1 amide bonds. The lowest BCUT2D eigenvalue weighted by Gasteiger charge is -2.33. The maximum atomic E-state index is 12.8. The van der Waals surface area contributed by atoms with Gasteiger partial charge in [0.2, 0.25) is 5.91 Å². The van der Waals surface area contributed by atoms with Crippen LogP contribution in [-0.4, -0.2) is 40.7 Å². The van der Waals surface area contributed by atoms with Crippen molar-refractivity contribution in [1.29, 1.82) is 0 Å². The van der Waals surface area contributed by atoms with E-state index in [-0.39, 0.29) is 12.0 Å². The number of aromatic nitrogens is 2. The molecule has 2 atom stereocenters. The Morgan fingerprint density at radius 1 is 1.54 bits per heavy atom. The fraction of sp³-hybridized carbons (Fsp3) is 0.556. The second-order valence-corrected chi connectivity index (χ2v) is 7.77. The molecule has 4 rings (SSSR count). The quantitative estimate of drug-likeness (QED) is 0.929. The molecular weight excluding hydrogens is 322 g/mol. The molecule has 0 aromatic carbocycles. The topological polar surface area (TPSA) is 58.2 Å². The Morgan fingerprint density at radius 3 is 3.29 bits per heavy atom. The first-order valence-corrected chi connectivity index (χ1v) is 9.56. The lowest BCUT2D eigenvalue weighted by Crippen LogP contribution is -2.40. The number of carbonyl (C=O) groups is 1. The Labute approximate surface area is 146 Å². The van der Waals surface area contributed by atoms with E-state index in [0.29, 0.717) is 12.3 Å². The van der Waals surface area contributed by atoms with E-state index in [1.54, 1.807) is 11.3 Å². The normalized spacial score (nSPS) is 24.0. The van der Waals surface area contributed by atoms with Crippen LogP contribution >= 0.6 is 11.3 Å². The third-order valence-electron chi connectivity index (χ3n) is 5.05. The zero-order valence-electron chi connectivity index (χ0n) is 14.0. The van der Waals surface area contributed by atoms with Crippen LogP contribution in [0, 0.1) is 6.92 Å². The SMILES string of the molecule is Cc1cc([C@@H]2CCCN(C(=O)C[C@H]3OCCc4sccc43)C2)n[nH]1. The molecular formula is C18H23N3O2S. The van der Waals surface area contributed by atoms with Gasteiger partial charge in [-0.05, 0) is 42.8 Å². The third kappa shape index (κ3) is 3.13. The second kappa shape index (κ2) is 6.69. The van der Waals surface area contributed by atoms with Gasteiger partial charge in [0, 0.05) is 36.0 Å². The van der Waals surface area contributed by atoms with Crippen molar-refractivity contribution in [3.63, 3.8) is 0 Å². The number of amides is 1. The smallest absolute Gasteiger partial charge is 0.225 e. The Kier molecular flexibility index (Phi) is 4.41. The average molecular weight is 345 g/mol. The van der Waals surface area contributed by atoms with E-state index in [1.165, 1.54) is 10.4 Å². The minimum atomic E-state index is -0.0690. The molecule has 5 nitrogen and oxygen atoms in total. The van der Waals surface area contributed by atoms with Crippen molar-refractivity contribution < 1.29 is 9.53 Å². The molecule has 2 aromatic rings. The molecule has 0 unspecified atom stereocenters. The third-order valence-corrected chi connectivity index (χ3v) is 6.05. The van der Waals surface area contributed by atoms with E-state index in [9.17, 15) is 4.79 Å². The minimum absolute atomic E-state index is 0.0690. The molecule has 1 N–H and O–H groups in total. The van der Waals surface area contributed by atoms with E-state index >= 15 is 0 Å². The van der Waals surface area contributed by atoms with Crippen LogP contribution in [0.4, 0.5) is 0 Å². The summed E-state index contributed by atoms with van der Waals surface area (Å²) in [7, 11) is 0. The van der Waals surface area contributed by atoms with Crippen molar-refractivity contribution in [3.8, 4) is 0 Å². The number of nitrogens with one attached hydrogen (secondary N) is 1. The zero-order valence-corrected chi connectivity index (χ0v) is 14.8. The van der Waals surface area contributed by atoms with Crippen molar-refractivity contribution in [2.75, 3.05) is 19.7 Å². The van der Waals surface area contributed by atoms with Crippen LogP contribution in [0.1, 0.15) is 53.1 Å². The van der Waals surface area contributed by atoms with Crippen LogP contribution in [0.25, 0.3) is 0 Å². The van der Waals surface area contributed by atoms with Gasteiger partial charge in [-0.2, -0.15) is 5.10 Å². The molecule has 128 valence electrons. The number of rotatable bonds is 3. The lowest BCUT2D eigenvalue weighted by molar-refractivity contribution is -0.135. The first-order valence-electron chi connectivity index (χ1n) is 8.68. The van der Waals surface area contributed by atoms with E-state index in [2.05, 4.69) is 27.7 Å². The number of fused-ring (bicyclic) bond motifs is 1. The molecule has 2 aromatic heterocycles. The molecule has 2 aliphatic rings. The van der Waals surface area contributed by atoms with E-state index in [4.69, 9.17) is 4.74 Å². The van der Waals surface area contributed by atoms with Gasteiger partial charge < -0.3 is 9.64 Å². The molecule has 0 spiro atoms. The predicted octanol–water partition coefficient (Wildman–Crippen LogP) is 3.19. The number of piperidine rings is 1. The van der Waals surface area contributed by atoms with Crippen molar-refractivity contribution in [1.82, 2.24) is 15.1 Å². The van der Waals surface area contributed by atoms with E-state index in [1.807, 2.05) is 11.8 Å². The number of ether oxygens (including phenoxy) is 1. The van der Waals surface area contributed by atoms with Crippen LogP contribution in [-0.2, 0) is 16.0 Å². The maximum Gasteiger partial charge on any atom is 0.225 e. The molecule has 2 aliphatic heterocycles. The fourth-order valence-corrected chi connectivity index (χ4v) is 4.69. The molecule has 0 saturated carbocycles. The highest BCUT2D eigenvalue weighted by Crippen LogP contribution is 2.34. The Morgan fingerprint density at radius 2 is 2.46 bits per heavy atom. The highest BCUT2D eigenvalue weighted by Gasteiger charge is 2.30. The highest BCUT2D eigenvalue weighted by atomic mass is 32.1. The largest absolute Gasteiger partial charge is 0.373 e. The van der Waals surface area contributed by atoms with Gasteiger partial charge >= 0.3 is 0 Å². The van der Waals surface area contributed by atoms with Crippen molar-refractivity contribution in [2.24, 2.45) is 0 Å². The van der Waals surface area contributed by atoms with Crippen LogP contribution in [0.15, 0.2) is 17.5 Å². The minimum Gasteiger partial charge on any atom is -0.373 e. The number of aryl methyl sites for hydroxylation is 1. The van der Waals surface area contributed by atoms with Crippen molar-refractivity contribution in [3.05, 3.63) is 39.3 Å². The van der Waals surface area contributed by atoms with Gasteiger partial charge in [-0.3, -0.25) is 9.89 Å². The zero-order chi connectivity index (χ0) is 16.5. The monoisotopic (exact) mass is 345 g/mol. The summed E-state index contributed by atoms with van der Waals surface area (Å²) in [6.45, 7) is 4.36. The molecule has 4 heterocycles. The lowest BCUT2D eigenvalue weighted by atomic mass is 9.94. The predicted molar refractivity (Wildman–Crippen MR) is 93.2 cm³/mol. The fourth-order valence-electron chi connectivity index (χ4n) is 3.77. The standard InChI is InChI=1S/C18H23N3O2S/c1-12-9-15(20-19-12)13-3-2-6-21(11-13)18(22)10-16-14-5-8-24-17(14)4-7-23-16/h5,8-9,13,16H,2-4,6-7,10-11H2,1H3,(H,19,20)/t13-,16-/m1/s1. The Bertz CT molecular complexity index is 723. The summed E-state index contributed by atoms with van der Waals surface area (Å²) in [5.41, 5.74) is 3.38. The van der Waals surface area contributed by atoms with Crippen molar-refractivity contribution in [2.45, 2.75) is 44.6 Å². The second-order valence-electron chi connectivity index (χ2n) is 6.77. The molecule has 24 heavy (non-hydrogen) atoms. The van der Waals surface area contributed by atoms with E-state index < -0.39 is 0 Å². The number of hydrogen-bond acceptors (Lipinski definition) is 4. The van der Waals surface area contributed by atoms with Gasteiger partial charge in [-0.1, -0.05) is 0 Å². The van der Waals surface area contributed by atoms with Crippen LogP contribution in [0.5, 0.6) is 0 Å². The van der Waals surface area contributed by atoms with Gasteiger partial charge in [0.25, 0.3) is 0 Å². The highest BCUT2D eigenvalue weighted by molar-refractivity contribution is 7.10. The van der Waals surface area contributed by atoms with Crippen LogP contribution in [0.3, 0.4) is 0 Å². The van der Waals surface area contributed by atoms with Gasteiger partial charge in [-0.25, -0.2) is 0 Å². The van der Waals surface area contributed by atoms with Crippen LogP contribution in [0.2, 0.25) is 0 Å². The van der Waals surface area contributed by atoms with Gasteiger partial charge in [0.15, 0.2) is 0 Å². The van der Waals surface area contributed by atoms with Gasteiger partial charge in [-0.15, -0.1) is 11.3 Å². The Balaban J connectivity index is 1.42. The molecule has 0 bridgehead atoms. The number of likely N-dealkylation sites (tertiary alicyclic amines) is 1. The molecule has 1 fully saturated rings. The molecule has 1 saturated heterocycles. The van der Waals surface area contributed by atoms with Crippen LogP contribution < -0.4 is 0 Å². The number of carbonyl (C=O) groups excluding carboxylic acids is 1. The van der Waals surface area contributed by atoms with Gasteiger partial charge in [0.1, 0.15) is 0 Å². The maximum absolute atomic E-state index is 12.8. The number of thiophene rings is 1.